The Hall–Kier alpha value is -3.02. The van der Waals surface area contributed by atoms with E-state index in [1.54, 1.807) is 12.1 Å². The summed E-state index contributed by atoms with van der Waals surface area (Å²) in [5, 5.41) is 2.81. The van der Waals surface area contributed by atoms with E-state index in [9.17, 15) is 9.59 Å². The molecule has 1 aliphatic rings. The number of benzene rings is 2. The van der Waals surface area contributed by atoms with Crippen LogP contribution in [0.3, 0.4) is 0 Å². The molecule has 1 saturated carbocycles. The Labute approximate surface area is 165 Å². The smallest absolute Gasteiger partial charge is 0.338 e. The molecule has 0 heterocycles. The summed E-state index contributed by atoms with van der Waals surface area (Å²) in [5.74, 6) is -0.322. The minimum Gasteiger partial charge on any atom is -0.482 e. The van der Waals surface area contributed by atoms with Gasteiger partial charge in [-0.3, -0.25) is 4.79 Å². The van der Waals surface area contributed by atoms with Gasteiger partial charge in [-0.05, 0) is 55.9 Å². The van der Waals surface area contributed by atoms with E-state index in [1.165, 1.54) is 6.07 Å². The van der Waals surface area contributed by atoms with Crippen LogP contribution in [-0.2, 0) is 16.0 Å². The fourth-order valence-corrected chi connectivity index (χ4v) is 3.20. The summed E-state index contributed by atoms with van der Waals surface area (Å²) in [4.78, 5) is 24.3. The molecule has 2 aromatic carbocycles. The number of carbonyl (C=O) groups excluding carboxylic acids is 2. The molecule has 2 aromatic rings. The van der Waals surface area contributed by atoms with Crippen LogP contribution in [0.15, 0.2) is 48.5 Å². The molecule has 28 heavy (non-hydrogen) atoms. The van der Waals surface area contributed by atoms with Gasteiger partial charge in [0, 0.05) is 6.54 Å². The first-order chi connectivity index (χ1) is 13.6. The maximum absolute atomic E-state index is 12.3. The molecule has 0 atom stereocenters. The number of amides is 1. The number of hydrogen-bond donors (Lipinski definition) is 2. The van der Waals surface area contributed by atoms with Crippen LogP contribution >= 0.6 is 0 Å². The van der Waals surface area contributed by atoms with E-state index in [2.05, 4.69) is 5.32 Å². The predicted molar refractivity (Wildman–Crippen MR) is 107 cm³/mol. The van der Waals surface area contributed by atoms with Crippen molar-refractivity contribution in [1.82, 2.24) is 5.32 Å². The van der Waals surface area contributed by atoms with Crippen LogP contribution in [0.25, 0.3) is 0 Å². The second-order valence-corrected chi connectivity index (χ2v) is 6.94. The standard InChI is InChI=1S/C22H26N2O4/c23-19-11-10-17(22(26)28-18-8-4-5-9-18)14-20(19)27-15-21(25)24-13-12-16-6-2-1-3-7-16/h1-3,6-7,10-11,14,18H,4-5,8-9,12-13,15,23H2,(H,24,25). The van der Waals surface area contributed by atoms with Gasteiger partial charge in [0.2, 0.25) is 0 Å². The summed E-state index contributed by atoms with van der Waals surface area (Å²) in [7, 11) is 0. The van der Waals surface area contributed by atoms with E-state index in [4.69, 9.17) is 15.2 Å². The topological polar surface area (TPSA) is 90.7 Å². The van der Waals surface area contributed by atoms with Crippen molar-refractivity contribution in [2.45, 2.75) is 38.2 Å². The molecule has 0 spiro atoms. The fourth-order valence-electron chi connectivity index (χ4n) is 3.20. The minimum absolute atomic E-state index is 0.00943. The van der Waals surface area contributed by atoms with Crippen LogP contribution in [0.4, 0.5) is 5.69 Å². The Morgan fingerprint density at radius 3 is 2.57 bits per heavy atom. The van der Waals surface area contributed by atoms with E-state index in [0.717, 1.165) is 37.7 Å². The Bertz CT molecular complexity index is 801. The summed E-state index contributed by atoms with van der Waals surface area (Å²) in [6.45, 7) is 0.357. The molecule has 1 amide bonds. The van der Waals surface area contributed by atoms with Gasteiger partial charge in [-0.15, -0.1) is 0 Å². The van der Waals surface area contributed by atoms with E-state index < -0.39 is 0 Å². The van der Waals surface area contributed by atoms with Gasteiger partial charge in [-0.1, -0.05) is 30.3 Å². The van der Waals surface area contributed by atoms with Gasteiger partial charge in [0.1, 0.15) is 11.9 Å². The lowest BCUT2D eigenvalue weighted by molar-refractivity contribution is -0.123. The molecular weight excluding hydrogens is 356 g/mol. The third kappa shape index (κ3) is 5.74. The average Bonchev–Trinajstić information content (AvgIpc) is 3.21. The van der Waals surface area contributed by atoms with Crippen molar-refractivity contribution in [3.05, 3.63) is 59.7 Å². The number of carbonyl (C=O) groups is 2. The Kier molecular flexibility index (Phi) is 6.89. The molecule has 3 N–H and O–H groups in total. The molecule has 0 radical (unpaired) electrons. The minimum atomic E-state index is -0.385. The van der Waals surface area contributed by atoms with Crippen LogP contribution < -0.4 is 15.8 Å². The van der Waals surface area contributed by atoms with Gasteiger partial charge in [0.25, 0.3) is 5.91 Å². The molecule has 1 fully saturated rings. The van der Waals surface area contributed by atoms with Crippen LogP contribution in [0.2, 0.25) is 0 Å². The van der Waals surface area contributed by atoms with Gasteiger partial charge < -0.3 is 20.5 Å². The lowest BCUT2D eigenvalue weighted by Crippen LogP contribution is -2.30. The summed E-state index contributed by atoms with van der Waals surface area (Å²) in [5.41, 5.74) is 7.81. The summed E-state index contributed by atoms with van der Waals surface area (Å²) in [6.07, 6.45) is 4.74. The normalized spacial score (nSPS) is 13.9. The highest BCUT2D eigenvalue weighted by atomic mass is 16.5. The van der Waals surface area contributed by atoms with Crippen LogP contribution in [-0.4, -0.2) is 31.1 Å². The van der Waals surface area contributed by atoms with Crippen LogP contribution in [0.5, 0.6) is 5.75 Å². The molecule has 3 rings (SSSR count). The maximum Gasteiger partial charge on any atom is 0.338 e. The molecule has 0 saturated heterocycles. The Morgan fingerprint density at radius 1 is 1.07 bits per heavy atom. The SMILES string of the molecule is Nc1ccc(C(=O)OC2CCCC2)cc1OCC(=O)NCCc1ccccc1. The predicted octanol–water partition coefficient (Wildman–Crippen LogP) is 3.11. The third-order valence-corrected chi connectivity index (χ3v) is 4.76. The van der Waals surface area contributed by atoms with E-state index >= 15 is 0 Å². The van der Waals surface area contributed by atoms with Crippen LogP contribution in [0.1, 0.15) is 41.6 Å². The largest absolute Gasteiger partial charge is 0.482 e. The van der Waals surface area contributed by atoms with E-state index in [-0.39, 0.29) is 24.6 Å². The fraction of sp³-hybridized carbons (Fsp3) is 0.364. The van der Waals surface area contributed by atoms with Gasteiger partial charge in [-0.25, -0.2) is 4.79 Å². The Balaban J connectivity index is 1.47. The molecule has 6 nitrogen and oxygen atoms in total. The highest BCUT2D eigenvalue weighted by molar-refractivity contribution is 5.91. The second-order valence-electron chi connectivity index (χ2n) is 6.94. The Morgan fingerprint density at radius 2 is 1.82 bits per heavy atom. The third-order valence-electron chi connectivity index (χ3n) is 4.76. The molecular formula is C22H26N2O4. The molecule has 6 heteroatoms. The van der Waals surface area contributed by atoms with Crippen molar-refractivity contribution >= 4 is 17.6 Å². The average molecular weight is 382 g/mol. The van der Waals surface area contributed by atoms with Crippen molar-refractivity contribution in [2.24, 2.45) is 0 Å². The number of nitrogen functional groups attached to an aromatic ring is 1. The van der Waals surface area contributed by atoms with Gasteiger partial charge >= 0.3 is 5.97 Å². The van der Waals surface area contributed by atoms with Crippen molar-refractivity contribution in [2.75, 3.05) is 18.9 Å². The van der Waals surface area contributed by atoms with Crippen molar-refractivity contribution in [3.63, 3.8) is 0 Å². The highest BCUT2D eigenvalue weighted by Gasteiger charge is 2.20. The number of hydrogen-bond acceptors (Lipinski definition) is 5. The summed E-state index contributed by atoms with van der Waals surface area (Å²) in [6, 6.07) is 14.6. The lowest BCUT2D eigenvalue weighted by Gasteiger charge is -2.13. The van der Waals surface area contributed by atoms with E-state index in [1.807, 2.05) is 30.3 Å². The summed E-state index contributed by atoms with van der Waals surface area (Å²) >= 11 is 0. The molecule has 0 aliphatic heterocycles. The number of nitrogens with two attached hydrogens (primary N) is 1. The molecule has 0 aromatic heterocycles. The highest BCUT2D eigenvalue weighted by Crippen LogP contribution is 2.26. The van der Waals surface area contributed by atoms with Gasteiger partial charge in [0.15, 0.2) is 6.61 Å². The first-order valence-corrected chi connectivity index (χ1v) is 9.66. The zero-order chi connectivity index (χ0) is 19.8. The van der Waals surface area contributed by atoms with Crippen molar-refractivity contribution in [3.8, 4) is 5.75 Å². The second kappa shape index (κ2) is 9.78. The van der Waals surface area contributed by atoms with Crippen molar-refractivity contribution in [1.29, 1.82) is 0 Å². The van der Waals surface area contributed by atoms with Gasteiger partial charge in [0.05, 0.1) is 11.3 Å². The van der Waals surface area contributed by atoms with Gasteiger partial charge in [-0.2, -0.15) is 0 Å². The van der Waals surface area contributed by atoms with Crippen LogP contribution in [0, 0.1) is 0 Å². The maximum atomic E-state index is 12.3. The quantitative estimate of drug-likeness (QED) is 0.541. The molecule has 148 valence electrons. The first kappa shape index (κ1) is 19.7. The number of nitrogens with one attached hydrogen (secondary N) is 1. The van der Waals surface area contributed by atoms with Crippen molar-refractivity contribution < 1.29 is 19.1 Å². The first-order valence-electron chi connectivity index (χ1n) is 9.66. The molecule has 0 bridgehead atoms. The number of rotatable bonds is 8. The van der Waals surface area contributed by atoms with E-state index in [0.29, 0.717) is 23.5 Å². The number of anilines is 1. The molecule has 0 unspecified atom stereocenters. The molecule has 1 aliphatic carbocycles. The lowest BCUT2D eigenvalue weighted by atomic mass is 10.1. The number of ether oxygens (including phenoxy) is 2. The monoisotopic (exact) mass is 382 g/mol. The summed E-state index contributed by atoms with van der Waals surface area (Å²) < 4.78 is 11.0. The number of esters is 1. The zero-order valence-electron chi connectivity index (χ0n) is 15.9. The zero-order valence-corrected chi connectivity index (χ0v) is 15.9.